The first kappa shape index (κ1) is 12.5. The zero-order valence-corrected chi connectivity index (χ0v) is 10.1. The van der Waals surface area contributed by atoms with Crippen LogP contribution >= 0.6 is 0 Å². The monoisotopic (exact) mass is 211 g/mol. The molecule has 0 unspecified atom stereocenters. The summed E-state index contributed by atoms with van der Waals surface area (Å²) in [7, 11) is 0. The summed E-state index contributed by atoms with van der Waals surface area (Å²) in [5, 5.41) is 11.3. The molecule has 1 saturated carbocycles. The second-order valence-corrected chi connectivity index (χ2v) is 5.02. The molecule has 0 radical (unpaired) electrons. The Bertz CT molecular complexity index is 201. The van der Waals surface area contributed by atoms with Gasteiger partial charge in [-0.15, -0.1) is 0 Å². The molecule has 0 aromatic rings. The summed E-state index contributed by atoms with van der Waals surface area (Å²) >= 11 is 0. The highest BCUT2D eigenvalue weighted by Gasteiger charge is 2.34. The molecule has 1 aliphatic rings. The van der Waals surface area contributed by atoms with Crippen LogP contribution in [0.25, 0.3) is 0 Å². The third-order valence-corrected chi connectivity index (χ3v) is 4.08. The van der Waals surface area contributed by atoms with E-state index in [1.54, 1.807) is 0 Å². The van der Waals surface area contributed by atoms with E-state index in [9.17, 15) is 9.90 Å². The molecule has 88 valence electrons. The summed E-state index contributed by atoms with van der Waals surface area (Å²) in [6.07, 6.45) is 8.01. The Balaban J connectivity index is 2.67. The average molecular weight is 211 g/mol. The van der Waals surface area contributed by atoms with Crippen molar-refractivity contribution < 1.29 is 9.90 Å². The highest BCUT2D eigenvalue weighted by Crippen LogP contribution is 2.42. The minimum absolute atomic E-state index is 0.491. The maximum atomic E-state index is 11.3. The van der Waals surface area contributed by atoms with E-state index >= 15 is 0 Å². The standard InChI is InChI=1S/C13H24O2/c1-3-11(4-2)10-13(12(14)15)8-6-5-7-9-13/h11H,3-10H2,1-2H3,(H,14,15)/p-1. The fourth-order valence-corrected chi connectivity index (χ4v) is 2.85. The molecular weight excluding hydrogens is 188 g/mol. The van der Waals surface area contributed by atoms with Crippen molar-refractivity contribution in [2.24, 2.45) is 11.3 Å². The van der Waals surface area contributed by atoms with Crippen molar-refractivity contribution in [3.63, 3.8) is 0 Å². The SMILES string of the molecule is CCC(CC)CC1(C(=O)[O-])CCCCC1. The summed E-state index contributed by atoms with van der Waals surface area (Å²) in [5.74, 6) is -0.241. The fraction of sp³-hybridized carbons (Fsp3) is 0.923. The first-order chi connectivity index (χ1) is 7.14. The summed E-state index contributed by atoms with van der Waals surface area (Å²) in [5.41, 5.74) is -0.491. The molecule has 0 aromatic heterocycles. The van der Waals surface area contributed by atoms with Gasteiger partial charge in [0.05, 0.1) is 0 Å². The summed E-state index contributed by atoms with van der Waals surface area (Å²) in [6, 6.07) is 0. The van der Waals surface area contributed by atoms with Gasteiger partial charge < -0.3 is 9.90 Å². The van der Waals surface area contributed by atoms with Gasteiger partial charge in [0.25, 0.3) is 0 Å². The molecule has 0 spiro atoms. The molecule has 1 fully saturated rings. The summed E-state index contributed by atoms with van der Waals surface area (Å²) in [6.45, 7) is 4.31. The zero-order chi connectivity index (χ0) is 11.3. The molecule has 0 N–H and O–H groups in total. The van der Waals surface area contributed by atoms with Crippen LogP contribution in [0.15, 0.2) is 0 Å². The molecule has 0 aromatic carbocycles. The van der Waals surface area contributed by atoms with E-state index in [4.69, 9.17) is 0 Å². The first-order valence-corrected chi connectivity index (χ1v) is 6.36. The van der Waals surface area contributed by atoms with E-state index in [1.807, 2.05) is 0 Å². The van der Waals surface area contributed by atoms with E-state index in [0.717, 1.165) is 44.9 Å². The van der Waals surface area contributed by atoms with Crippen LogP contribution in [-0.4, -0.2) is 5.97 Å². The lowest BCUT2D eigenvalue weighted by Gasteiger charge is -2.40. The maximum absolute atomic E-state index is 11.3. The van der Waals surface area contributed by atoms with Crippen LogP contribution < -0.4 is 5.11 Å². The van der Waals surface area contributed by atoms with E-state index in [0.29, 0.717) is 5.92 Å². The smallest absolute Gasteiger partial charge is 0.0476 e. The predicted molar refractivity (Wildman–Crippen MR) is 59.2 cm³/mol. The van der Waals surface area contributed by atoms with E-state index in [1.165, 1.54) is 6.42 Å². The summed E-state index contributed by atoms with van der Waals surface area (Å²) < 4.78 is 0. The van der Waals surface area contributed by atoms with Crippen molar-refractivity contribution in [1.29, 1.82) is 0 Å². The Morgan fingerprint density at radius 3 is 2.13 bits per heavy atom. The van der Waals surface area contributed by atoms with Gasteiger partial charge in [-0.05, 0) is 25.2 Å². The van der Waals surface area contributed by atoms with Crippen LogP contribution in [0.1, 0.15) is 65.2 Å². The largest absolute Gasteiger partial charge is 0.550 e. The van der Waals surface area contributed by atoms with Crippen molar-refractivity contribution in [2.75, 3.05) is 0 Å². The first-order valence-electron chi connectivity index (χ1n) is 6.36. The zero-order valence-electron chi connectivity index (χ0n) is 10.1. The van der Waals surface area contributed by atoms with Crippen LogP contribution in [0.3, 0.4) is 0 Å². The fourth-order valence-electron chi connectivity index (χ4n) is 2.85. The van der Waals surface area contributed by atoms with Crippen LogP contribution in [0.5, 0.6) is 0 Å². The number of carboxylic acid groups (broad SMARTS) is 1. The van der Waals surface area contributed by atoms with E-state index in [-0.39, 0.29) is 0 Å². The number of rotatable bonds is 5. The van der Waals surface area contributed by atoms with Crippen molar-refractivity contribution >= 4 is 5.97 Å². The number of carboxylic acids is 1. The highest BCUT2D eigenvalue weighted by molar-refractivity contribution is 5.72. The molecule has 2 nitrogen and oxygen atoms in total. The van der Waals surface area contributed by atoms with E-state index in [2.05, 4.69) is 13.8 Å². The van der Waals surface area contributed by atoms with Crippen LogP contribution in [0.2, 0.25) is 0 Å². The lowest BCUT2D eigenvalue weighted by atomic mass is 9.68. The minimum atomic E-state index is -0.797. The van der Waals surface area contributed by atoms with Gasteiger partial charge in [-0.3, -0.25) is 0 Å². The number of hydrogen-bond acceptors (Lipinski definition) is 2. The Hall–Kier alpha value is -0.530. The van der Waals surface area contributed by atoms with Gasteiger partial charge in [0, 0.05) is 11.4 Å². The lowest BCUT2D eigenvalue weighted by Crippen LogP contribution is -2.44. The normalized spacial score (nSPS) is 20.5. The molecular formula is C13H23O2-. The highest BCUT2D eigenvalue weighted by atomic mass is 16.4. The van der Waals surface area contributed by atoms with Gasteiger partial charge in [0.2, 0.25) is 0 Å². The molecule has 0 atom stereocenters. The van der Waals surface area contributed by atoms with Crippen LogP contribution in [0, 0.1) is 11.3 Å². The molecule has 0 saturated heterocycles. The van der Waals surface area contributed by atoms with Gasteiger partial charge in [-0.2, -0.15) is 0 Å². The van der Waals surface area contributed by atoms with Crippen LogP contribution in [-0.2, 0) is 4.79 Å². The van der Waals surface area contributed by atoms with E-state index < -0.39 is 11.4 Å². The third kappa shape index (κ3) is 2.96. The van der Waals surface area contributed by atoms with Gasteiger partial charge in [0.15, 0.2) is 0 Å². The molecule has 15 heavy (non-hydrogen) atoms. The molecule has 1 rings (SSSR count). The Morgan fingerprint density at radius 2 is 1.73 bits per heavy atom. The van der Waals surface area contributed by atoms with Crippen LogP contribution in [0.4, 0.5) is 0 Å². The lowest BCUT2D eigenvalue weighted by molar-refractivity contribution is -0.322. The summed E-state index contributed by atoms with van der Waals surface area (Å²) in [4.78, 5) is 11.3. The Kier molecular flexibility index (Phi) is 4.62. The topological polar surface area (TPSA) is 40.1 Å². The van der Waals surface area contributed by atoms with Crippen molar-refractivity contribution in [3.05, 3.63) is 0 Å². The molecule has 2 heteroatoms. The quantitative estimate of drug-likeness (QED) is 0.701. The molecule has 0 bridgehead atoms. The molecule has 0 amide bonds. The Morgan fingerprint density at radius 1 is 1.20 bits per heavy atom. The van der Waals surface area contributed by atoms with Gasteiger partial charge >= 0.3 is 0 Å². The van der Waals surface area contributed by atoms with Crippen molar-refractivity contribution in [3.8, 4) is 0 Å². The Labute approximate surface area is 93.1 Å². The second-order valence-electron chi connectivity index (χ2n) is 5.02. The number of carbonyl (C=O) groups is 1. The number of hydrogen-bond donors (Lipinski definition) is 0. The second kappa shape index (κ2) is 5.53. The number of carbonyl (C=O) groups excluding carboxylic acids is 1. The molecule has 0 heterocycles. The van der Waals surface area contributed by atoms with Gasteiger partial charge in [0.1, 0.15) is 0 Å². The molecule has 1 aliphatic carbocycles. The average Bonchev–Trinajstić information content (AvgIpc) is 2.27. The predicted octanol–water partition coefficient (Wildman–Crippen LogP) is 2.51. The number of aliphatic carboxylic acids is 1. The van der Waals surface area contributed by atoms with Gasteiger partial charge in [-0.25, -0.2) is 0 Å². The van der Waals surface area contributed by atoms with Gasteiger partial charge in [-0.1, -0.05) is 46.0 Å². The van der Waals surface area contributed by atoms with Crippen molar-refractivity contribution in [2.45, 2.75) is 65.2 Å². The van der Waals surface area contributed by atoms with Crippen molar-refractivity contribution in [1.82, 2.24) is 0 Å². The maximum Gasteiger partial charge on any atom is 0.0476 e. The molecule has 0 aliphatic heterocycles. The third-order valence-electron chi connectivity index (χ3n) is 4.08. The minimum Gasteiger partial charge on any atom is -0.550 e.